The van der Waals surface area contributed by atoms with Gasteiger partial charge in [-0.2, -0.15) is 5.10 Å². The van der Waals surface area contributed by atoms with Crippen LogP contribution in [0, 0.1) is 11.3 Å². The van der Waals surface area contributed by atoms with Crippen molar-refractivity contribution in [2.45, 2.75) is 46.6 Å². The quantitative estimate of drug-likeness (QED) is 0.787. The molecular weight excluding hydrogens is 254 g/mol. The maximum absolute atomic E-state index is 11.9. The smallest absolute Gasteiger partial charge is 0.220 e. The van der Waals surface area contributed by atoms with Crippen LogP contribution in [0.25, 0.3) is 0 Å². The molecule has 1 rings (SSSR count). The fourth-order valence-corrected chi connectivity index (χ4v) is 2.25. The van der Waals surface area contributed by atoms with Gasteiger partial charge in [-0.1, -0.05) is 20.8 Å². The highest BCUT2D eigenvalue weighted by Gasteiger charge is 2.24. The third-order valence-corrected chi connectivity index (χ3v) is 3.55. The van der Waals surface area contributed by atoms with Gasteiger partial charge in [0.25, 0.3) is 0 Å². The Morgan fingerprint density at radius 1 is 1.45 bits per heavy atom. The van der Waals surface area contributed by atoms with E-state index in [1.807, 2.05) is 0 Å². The molecule has 0 aliphatic carbocycles. The van der Waals surface area contributed by atoms with Crippen LogP contribution < -0.4 is 11.1 Å². The summed E-state index contributed by atoms with van der Waals surface area (Å²) in [6, 6.07) is 0. The fraction of sp³-hybridized carbons (Fsp3) is 0.786. The van der Waals surface area contributed by atoms with Crippen molar-refractivity contribution >= 4 is 5.91 Å². The van der Waals surface area contributed by atoms with Crippen LogP contribution in [0.3, 0.4) is 0 Å². The highest BCUT2D eigenvalue weighted by Crippen LogP contribution is 2.31. The normalized spacial score (nSPS) is 13.2. The number of rotatable bonds is 7. The topological polar surface area (TPSA) is 85.8 Å². The Labute approximate surface area is 121 Å². The summed E-state index contributed by atoms with van der Waals surface area (Å²) in [6.45, 7) is 7.65. The summed E-state index contributed by atoms with van der Waals surface area (Å²) < 4.78 is 1.62. The molecule has 0 aliphatic heterocycles. The Balaban J connectivity index is 2.34. The van der Waals surface area contributed by atoms with E-state index in [1.165, 1.54) is 0 Å². The summed E-state index contributed by atoms with van der Waals surface area (Å²) in [7, 11) is 1.80. The number of nitrogens with one attached hydrogen (secondary N) is 1. The second-order valence-electron chi connectivity index (χ2n) is 6.29. The number of aromatic nitrogens is 3. The molecule has 1 unspecified atom stereocenters. The van der Waals surface area contributed by atoms with Crippen LogP contribution >= 0.6 is 0 Å². The monoisotopic (exact) mass is 281 g/mol. The molecule has 1 aromatic rings. The molecule has 0 aromatic carbocycles. The minimum absolute atomic E-state index is 0.0451. The number of hydrogen-bond donors (Lipinski definition) is 2. The molecule has 1 aromatic heterocycles. The van der Waals surface area contributed by atoms with Crippen molar-refractivity contribution in [3.63, 3.8) is 0 Å². The number of carbonyl (C=O) groups is 1. The van der Waals surface area contributed by atoms with Gasteiger partial charge in [0.1, 0.15) is 6.33 Å². The molecule has 1 heterocycles. The average molecular weight is 281 g/mol. The molecule has 0 aliphatic rings. The lowest BCUT2D eigenvalue weighted by molar-refractivity contribution is -0.121. The van der Waals surface area contributed by atoms with Crippen LogP contribution in [0.15, 0.2) is 6.33 Å². The lowest BCUT2D eigenvalue weighted by Gasteiger charge is -2.30. The first-order chi connectivity index (χ1) is 9.32. The summed E-state index contributed by atoms with van der Waals surface area (Å²) >= 11 is 0. The minimum atomic E-state index is 0.0451. The van der Waals surface area contributed by atoms with Crippen LogP contribution in [0.2, 0.25) is 0 Å². The van der Waals surface area contributed by atoms with E-state index >= 15 is 0 Å². The van der Waals surface area contributed by atoms with E-state index in [0.717, 1.165) is 12.8 Å². The van der Waals surface area contributed by atoms with E-state index in [2.05, 4.69) is 36.2 Å². The Morgan fingerprint density at radius 2 is 2.15 bits per heavy atom. The summed E-state index contributed by atoms with van der Waals surface area (Å²) in [5.74, 6) is 1.14. The van der Waals surface area contributed by atoms with Crippen molar-refractivity contribution in [3.05, 3.63) is 12.2 Å². The zero-order valence-electron chi connectivity index (χ0n) is 13.0. The van der Waals surface area contributed by atoms with Gasteiger partial charge in [-0.15, -0.1) is 0 Å². The van der Waals surface area contributed by atoms with Crippen molar-refractivity contribution in [1.82, 2.24) is 20.1 Å². The predicted octanol–water partition coefficient (Wildman–Crippen LogP) is 1.22. The molecule has 1 amide bonds. The third-order valence-electron chi connectivity index (χ3n) is 3.55. The lowest BCUT2D eigenvalue weighted by Crippen LogP contribution is -2.28. The van der Waals surface area contributed by atoms with Gasteiger partial charge < -0.3 is 11.1 Å². The highest BCUT2D eigenvalue weighted by atomic mass is 16.1. The molecule has 0 radical (unpaired) electrons. The fourth-order valence-electron chi connectivity index (χ4n) is 2.25. The Hall–Kier alpha value is -1.43. The van der Waals surface area contributed by atoms with Gasteiger partial charge in [-0.3, -0.25) is 9.48 Å². The number of carbonyl (C=O) groups excluding carboxylic acids is 1. The summed E-state index contributed by atoms with van der Waals surface area (Å²) in [5, 5.41) is 6.97. The van der Waals surface area contributed by atoms with Gasteiger partial charge >= 0.3 is 0 Å². The number of aryl methyl sites for hydroxylation is 1. The van der Waals surface area contributed by atoms with Gasteiger partial charge in [-0.25, -0.2) is 4.98 Å². The average Bonchev–Trinajstić information content (AvgIpc) is 2.76. The Bertz CT molecular complexity index is 421. The van der Waals surface area contributed by atoms with Gasteiger partial charge in [0, 0.05) is 13.5 Å². The molecule has 114 valence electrons. The standard InChI is InChI=1S/C14H27N5O/c1-14(2,3)11(7-8-15)5-6-13(20)16-9-12-17-10-19(4)18-12/h10-11H,5-9,15H2,1-4H3,(H,16,20). The molecular formula is C14H27N5O. The molecule has 0 saturated heterocycles. The van der Waals surface area contributed by atoms with Gasteiger partial charge in [0.15, 0.2) is 5.82 Å². The molecule has 6 nitrogen and oxygen atoms in total. The summed E-state index contributed by atoms with van der Waals surface area (Å²) in [6.07, 6.45) is 3.97. The van der Waals surface area contributed by atoms with E-state index in [0.29, 0.717) is 31.3 Å². The second-order valence-corrected chi connectivity index (χ2v) is 6.29. The van der Waals surface area contributed by atoms with Crippen molar-refractivity contribution < 1.29 is 4.79 Å². The number of hydrogen-bond acceptors (Lipinski definition) is 4. The van der Waals surface area contributed by atoms with Gasteiger partial charge in [0.2, 0.25) is 5.91 Å². The molecule has 1 atom stereocenters. The molecule has 6 heteroatoms. The minimum Gasteiger partial charge on any atom is -0.349 e. The van der Waals surface area contributed by atoms with Gasteiger partial charge in [-0.05, 0) is 30.7 Å². The van der Waals surface area contributed by atoms with Crippen LogP contribution in [-0.4, -0.2) is 27.2 Å². The van der Waals surface area contributed by atoms with E-state index in [-0.39, 0.29) is 11.3 Å². The van der Waals surface area contributed by atoms with Crippen LogP contribution in [0.4, 0.5) is 0 Å². The Kier molecular flexibility index (Phi) is 6.13. The van der Waals surface area contributed by atoms with E-state index in [4.69, 9.17) is 5.73 Å². The zero-order valence-corrected chi connectivity index (χ0v) is 13.0. The molecule has 3 N–H and O–H groups in total. The molecule has 0 spiro atoms. The van der Waals surface area contributed by atoms with Crippen molar-refractivity contribution in [2.24, 2.45) is 24.1 Å². The first kappa shape index (κ1) is 16.6. The van der Waals surface area contributed by atoms with Crippen LogP contribution in [-0.2, 0) is 18.4 Å². The number of nitrogens with two attached hydrogens (primary N) is 1. The zero-order chi connectivity index (χ0) is 15.2. The van der Waals surface area contributed by atoms with E-state index in [9.17, 15) is 4.79 Å². The first-order valence-electron chi connectivity index (χ1n) is 7.14. The first-order valence-corrected chi connectivity index (χ1v) is 7.14. The van der Waals surface area contributed by atoms with E-state index in [1.54, 1.807) is 18.1 Å². The molecule has 0 fully saturated rings. The maximum Gasteiger partial charge on any atom is 0.220 e. The summed E-state index contributed by atoms with van der Waals surface area (Å²) in [5.41, 5.74) is 5.83. The number of nitrogens with zero attached hydrogens (tertiary/aromatic N) is 3. The summed E-state index contributed by atoms with van der Waals surface area (Å²) in [4.78, 5) is 15.9. The Morgan fingerprint density at radius 3 is 2.65 bits per heavy atom. The SMILES string of the molecule is Cn1cnc(CNC(=O)CCC(CCN)C(C)(C)C)n1. The van der Waals surface area contributed by atoms with E-state index < -0.39 is 0 Å². The third kappa shape index (κ3) is 5.69. The second kappa shape index (κ2) is 7.38. The highest BCUT2D eigenvalue weighted by molar-refractivity contribution is 5.75. The largest absolute Gasteiger partial charge is 0.349 e. The van der Waals surface area contributed by atoms with Crippen molar-refractivity contribution in [3.8, 4) is 0 Å². The lowest BCUT2D eigenvalue weighted by atomic mass is 9.76. The van der Waals surface area contributed by atoms with Crippen molar-refractivity contribution in [1.29, 1.82) is 0 Å². The van der Waals surface area contributed by atoms with Crippen molar-refractivity contribution in [2.75, 3.05) is 6.54 Å². The predicted molar refractivity (Wildman–Crippen MR) is 78.7 cm³/mol. The number of amides is 1. The molecule has 0 saturated carbocycles. The van der Waals surface area contributed by atoms with Crippen LogP contribution in [0.5, 0.6) is 0 Å². The maximum atomic E-state index is 11.9. The molecule has 0 bridgehead atoms. The van der Waals surface area contributed by atoms with Gasteiger partial charge in [0.05, 0.1) is 6.54 Å². The molecule has 20 heavy (non-hydrogen) atoms. The van der Waals surface area contributed by atoms with Crippen LogP contribution in [0.1, 0.15) is 45.9 Å².